The van der Waals surface area contributed by atoms with E-state index < -0.39 is 0 Å². The predicted octanol–water partition coefficient (Wildman–Crippen LogP) is 3.39. The molecular weight excluding hydrogens is 460 g/mol. The number of halogens is 1. The molecule has 1 aromatic carbocycles. The van der Waals surface area contributed by atoms with Crippen molar-refractivity contribution >= 4 is 75.3 Å². The number of hydrogen-bond donors (Lipinski definition) is 1. The summed E-state index contributed by atoms with van der Waals surface area (Å²) in [4.78, 5) is 36.0. The lowest BCUT2D eigenvalue weighted by atomic mass is 10.2. The van der Waals surface area contributed by atoms with Gasteiger partial charge in [0.15, 0.2) is 8.68 Å². The quantitative estimate of drug-likeness (QED) is 0.553. The van der Waals surface area contributed by atoms with Gasteiger partial charge in [0.25, 0.3) is 5.24 Å². The van der Waals surface area contributed by atoms with E-state index in [2.05, 4.69) is 15.5 Å². The summed E-state index contributed by atoms with van der Waals surface area (Å²) in [6.45, 7) is 0.446. The molecule has 0 radical (unpaired) electrons. The summed E-state index contributed by atoms with van der Waals surface area (Å²) in [7, 11) is 0. The minimum atomic E-state index is -0.258. The number of nitrogens with one attached hydrogen (secondary N) is 1. The van der Waals surface area contributed by atoms with E-state index in [1.54, 1.807) is 11.8 Å². The van der Waals surface area contributed by atoms with Gasteiger partial charge in [-0.3, -0.25) is 19.3 Å². The van der Waals surface area contributed by atoms with Crippen LogP contribution in [0.3, 0.4) is 0 Å². The Bertz CT molecular complexity index is 846. The lowest BCUT2D eigenvalue weighted by Crippen LogP contribution is -2.38. The molecule has 0 bridgehead atoms. The second kappa shape index (κ2) is 10.5. The van der Waals surface area contributed by atoms with Crippen molar-refractivity contribution in [2.75, 3.05) is 24.6 Å². The van der Waals surface area contributed by atoms with Crippen LogP contribution in [-0.2, 0) is 15.3 Å². The Morgan fingerprint density at radius 1 is 1.18 bits per heavy atom. The van der Waals surface area contributed by atoms with Crippen LogP contribution in [-0.4, -0.2) is 56.7 Å². The highest BCUT2D eigenvalue weighted by molar-refractivity contribution is 8.14. The van der Waals surface area contributed by atoms with Gasteiger partial charge < -0.3 is 5.32 Å². The van der Waals surface area contributed by atoms with E-state index in [9.17, 15) is 14.4 Å². The lowest BCUT2D eigenvalue weighted by Gasteiger charge is -2.12. The van der Waals surface area contributed by atoms with Gasteiger partial charge in [0, 0.05) is 23.9 Å². The minimum Gasteiger partial charge on any atom is -0.354 e. The number of aromatic nitrogens is 2. The monoisotopic (exact) mass is 474 g/mol. The summed E-state index contributed by atoms with van der Waals surface area (Å²) in [5, 5.41) is 11.4. The van der Waals surface area contributed by atoms with Gasteiger partial charge in [-0.2, -0.15) is 0 Å². The van der Waals surface area contributed by atoms with E-state index in [0.717, 1.165) is 36.7 Å². The number of rotatable bonds is 9. The molecule has 0 atom stereocenters. The average Bonchev–Trinajstić information content (AvgIpc) is 3.27. The number of carbonyl (C=O) groups is 3. The summed E-state index contributed by atoms with van der Waals surface area (Å²) < 4.78 is 1.55. The van der Waals surface area contributed by atoms with Crippen molar-refractivity contribution in [1.82, 2.24) is 20.4 Å². The van der Waals surface area contributed by atoms with Gasteiger partial charge in [-0.05, 0) is 17.7 Å². The molecule has 0 saturated carbocycles. The van der Waals surface area contributed by atoms with Crippen molar-refractivity contribution in [3.05, 3.63) is 34.9 Å². The van der Waals surface area contributed by atoms with Gasteiger partial charge in [0.05, 0.1) is 11.5 Å². The van der Waals surface area contributed by atoms with Crippen LogP contribution in [0.15, 0.2) is 32.9 Å². The number of benzene rings is 1. The van der Waals surface area contributed by atoms with Crippen LogP contribution in [0, 0.1) is 0 Å². The third kappa shape index (κ3) is 6.38. The van der Waals surface area contributed by atoms with Gasteiger partial charge in [-0.25, -0.2) is 0 Å². The van der Waals surface area contributed by atoms with Crippen molar-refractivity contribution in [1.29, 1.82) is 0 Å². The Kier molecular flexibility index (Phi) is 8.03. The minimum absolute atomic E-state index is 0.178. The Balaban J connectivity index is 1.35. The molecule has 0 spiro atoms. The van der Waals surface area contributed by atoms with Crippen LogP contribution in [0.5, 0.6) is 0 Å². The largest absolute Gasteiger partial charge is 0.354 e. The second-order valence-corrected chi connectivity index (χ2v) is 10.3. The number of hydrogen-bond acceptors (Lipinski definition) is 9. The molecule has 1 aliphatic rings. The summed E-state index contributed by atoms with van der Waals surface area (Å²) in [6, 6.07) is 7.65. The fourth-order valence-electron chi connectivity index (χ4n) is 2.12. The Hall–Kier alpha value is -1.27. The van der Waals surface area contributed by atoms with E-state index in [4.69, 9.17) is 11.6 Å². The first-order chi connectivity index (χ1) is 13.5. The molecule has 3 rings (SSSR count). The number of nitrogens with zero attached hydrogens (tertiary/aromatic N) is 3. The van der Waals surface area contributed by atoms with Crippen LogP contribution in [0.4, 0.5) is 4.79 Å². The molecule has 1 N–H and O–H groups in total. The van der Waals surface area contributed by atoms with Crippen molar-refractivity contribution in [3.63, 3.8) is 0 Å². The molecule has 0 aliphatic carbocycles. The van der Waals surface area contributed by atoms with Crippen LogP contribution >= 0.6 is 58.2 Å². The molecule has 7 nitrogen and oxygen atoms in total. The molecule has 28 heavy (non-hydrogen) atoms. The van der Waals surface area contributed by atoms with Crippen molar-refractivity contribution < 1.29 is 14.4 Å². The zero-order valence-corrected chi connectivity index (χ0v) is 18.4. The van der Waals surface area contributed by atoms with Gasteiger partial charge >= 0.3 is 0 Å². The molecular formula is C16H15ClN4O3S4. The van der Waals surface area contributed by atoms with Crippen molar-refractivity contribution in [2.24, 2.45) is 0 Å². The molecule has 1 saturated heterocycles. The van der Waals surface area contributed by atoms with Gasteiger partial charge in [-0.1, -0.05) is 70.4 Å². The first-order valence-electron chi connectivity index (χ1n) is 8.08. The zero-order valence-electron chi connectivity index (χ0n) is 14.4. The van der Waals surface area contributed by atoms with Gasteiger partial charge in [0.1, 0.15) is 0 Å². The number of imide groups is 1. The van der Waals surface area contributed by atoms with E-state index in [0.29, 0.717) is 5.02 Å². The SMILES string of the molecule is O=C(CSc1nnc(SCc2ccc(Cl)cc2)s1)NCCN1C(=O)CSC1=O. The number of amides is 3. The van der Waals surface area contributed by atoms with Gasteiger partial charge in [0.2, 0.25) is 11.8 Å². The first-order valence-corrected chi connectivity index (χ1v) is 12.2. The maximum atomic E-state index is 11.9. The summed E-state index contributed by atoms with van der Waals surface area (Å²) in [6.07, 6.45) is 0. The zero-order chi connectivity index (χ0) is 19.9. The maximum Gasteiger partial charge on any atom is 0.288 e. The molecule has 3 amide bonds. The first kappa shape index (κ1) is 21.4. The maximum absolute atomic E-state index is 11.9. The fraction of sp³-hybridized carbons (Fsp3) is 0.312. The smallest absolute Gasteiger partial charge is 0.288 e. The molecule has 148 valence electrons. The van der Waals surface area contributed by atoms with E-state index in [1.807, 2.05) is 24.3 Å². The number of thioether (sulfide) groups is 3. The van der Waals surface area contributed by atoms with Crippen molar-refractivity contribution in [2.45, 2.75) is 14.4 Å². The molecule has 1 aliphatic heterocycles. The standard InChI is InChI=1S/C16H15ClN4O3S4/c17-11-3-1-10(2-4-11)7-25-14-19-20-15(28-14)26-8-12(22)18-5-6-21-13(23)9-27-16(21)24/h1-4H,5-9H2,(H,18,22). The molecule has 2 aromatic rings. The van der Waals surface area contributed by atoms with Gasteiger partial charge in [-0.15, -0.1) is 10.2 Å². The Morgan fingerprint density at radius 2 is 1.89 bits per heavy atom. The summed E-state index contributed by atoms with van der Waals surface area (Å²) >= 11 is 11.2. The summed E-state index contributed by atoms with van der Waals surface area (Å²) in [5.41, 5.74) is 1.14. The van der Waals surface area contributed by atoms with Crippen LogP contribution in [0.1, 0.15) is 5.56 Å². The molecule has 1 aromatic heterocycles. The Labute approximate surface area is 183 Å². The summed E-state index contributed by atoms with van der Waals surface area (Å²) in [5.74, 6) is 0.757. The predicted molar refractivity (Wildman–Crippen MR) is 114 cm³/mol. The topological polar surface area (TPSA) is 92.3 Å². The molecule has 2 heterocycles. The Morgan fingerprint density at radius 3 is 2.57 bits per heavy atom. The van der Waals surface area contributed by atoms with Crippen LogP contribution in [0.2, 0.25) is 5.02 Å². The molecule has 12 heteroatoms. The third-order valence-corrected chi connectivity index (χ3v) is 7.86. The number of carbonyl (C=O) groups excluding carboxylic acids is 3. The highest BCUT2D eigenvalue weighted by Crippen LogP contribution is 2.30. The highest BCUT2D eigenvalue weighted by atomic mass is 35.5. The average molecular weight is 475 g/mol. The molecule has 0 unspecified atom stereocenters. The third-order valence-electron chi connectivity index (χ3n) is 3.49. The van der Waals surface area contributed by atoms with Crippen LogP contribution < -0.4 is 5.32 Å². The van der Waals surface area contributed by atoms with Crippen molar-refractivity contribution in [3.8, 4) is 0 Å². The molecule has 1 fully saturated rings. The van der Waals surface area contributed by atoms with Crippen LogP contribution in [0.25, 0.3) is 0 Å². The van der Waals surface area contributed by atoms with E-state index in [1.165, 1.54) is 23.1 Å². The lowest BCUT2D eigenvalue weighted by molar-refractivity contribution is -0.125. The normalized spacial score (nSPS) is 14.0. The van der Waals surface area contributed by atoms with E-state index >= 15 is 0 Å². The highest BCUT2D eigenvalue weighted by Gasteiger charge is 2.29. The fourth-order valence-corrected chi connectivity index (χ4v) is 5.81. The second-order valence-electron chi connectivity index (χ2n) is 5.49. The van der Waals surface area contributed by atoms with E-state index in [-0.39, 0.29) is 41.6 Å².